The van der Waals surface area contributed by atoms with Crippen molar-refractivity contribution in [3.63, 3.8) is 0 Å². The van der Waals surface area contributed by atoms with Crippen LogP contribution in [0.1, 0.15) is 44.3 Å². The van der Waals surface area contributed by atoms with Gasteiger partial charge < -0.3 is 14.7 Å². The first-order chi connectivity index (χ1) is 8.83. The summed E-state index contributed by atoms with van der Waals surface area (Å²) >= 11 is 0. The van der Waals surface area contributed by atoms with Crippen LogP contribution in [0, 0.1) is 0 Å². The number of piperidine rings is 1. The van der Waals surface area contributed by atoms with E-state index in [2.05, 4.69) is 34.2 Å². The standard InChI is InChI=1S/C13H24N4O/c1-3-17(4-2)10-7-12-15-13(18-16-12)11-5-8-14-9-6-11/h11,14H,3-10H2,1-2H3. The fourth-order valence-corrected chi connectivity index (χ4v) is 2.40. The van der Waals surface area contributed by atoms with Gasteiger partial charge in [-0.05, 0) is 39.0 Å². The van der Waals surface area contributed by atoms with E-state index in [0.717, 1.165) is 63.7 Å². The van der Waals surface area contributed by atoms with Crippen molar-refractivity contribution in [3.8, 4) is 0 Å². The molecule has 1 aromatic heterocycles. The number of likely N-dealkylation sites (N-methyl/N-ethyl adjacent to an activating group) is 1. The van der Waals surface area contributed by atoms with Crippen molar-refractivity contribution in [2.75, 3.05) is 32.7 Å². The van der Waals surface area contributed by atoms with Crippen LogP contribution in [0.5, 0.6) is 0 Å². The maximum Gasteiger partial charge on any atom is 0.229 e. The van der Waals surface area contributed by atoms with Gasteiger partial charge in [0.05, 0.1) is 0 Å². The van der Waals surface area contributed by atoms with Gasteiger partial charge in [-0.15, -0.1) is 0 Å². The predicted octanol–water partition coefficient (Wildman–Crippen LogP) is 1.42. The van der Waals surface area contributed by atoms with E-state index in [1.54, 1.807) is 0 Å². The molecule has 0 atom stereocenters. The van der Waals surface area contributed by atoms with Crippen LogP contribution in [0.4, 0.5) is 0 Å². The largest absolute Gasteiger partial charge is 0.339 e. The second-order valence-electron chi connectivity index (χ2n) is 4.85. The summed E-state index contributed by atoms with van der Waals surface area (Å²) in [4.78, 5) is 6.92. The molecule has 1 aliphatic heterocycles. The van der Waals surface area contributed by atoms with Gasteiger partial charge in [-0.25, -0.2) is 0 Å². The van der Waals surface area contributed by atoms with Crippen molar-refractivity contribution in [2.24, 2.45) is 0 Å². The van der Waals surface area contributed by atoms with Crippen molar-refractivity contribution < 1.29 is 4.52 Å². The molecule has 1 aromatic rings. The van der Waals surface area contributed by atoms with E-state index < -0.39 is 0 Å². The minimum atomic E-state index is 0.459. The summed E-state index contributed by atoms with van der Waals surface area (Å²) in [6.07, 6.45) is 3.10. The zero-order valence-electron chi connectivity index (χ0n) is 11.5. The summed E-state index contributed by atoms with van der Waals surface area (Å²) in [6, 6.07) is 0. The zero-order valence-corrected chi connectivity index (χ0v) is 11.5. The molecule has 5 heteroatoms. The fourth-order valence-electron chi connectivity index (χ4n) is 2.40. The van der Waals surface area contributed by atoms with Gasteiger partial charge in [0, 0.05) is 18.9 Å². The highest BCUT2D eigenvalue weighted by molar-refractivity contribution is 4.96. The lowest BCUT2D eigenvalue weighted by Crippen LogP contribution is -2.27. The van der Waals surface area contributed by atoms with E-state index in [0.29, 0.717) is 5.92 Å². The Labute approximate surface area is 109 Å². The fraction of sp³-hybridized carbons (Fsp3) is 0.846. The van der Waals surface area contributed by atoms with Crippen molar-refractivity contribution in [3.05, 3.63) is 11.7 Å². The summed E-state index contributed by atoms with van der Waals surface area (Å²) in [5.74, 6) is 2.16. The first kappa shape index (κ1) is 13.5. The highest BCUT2D eigenvalue weighted by Crippen LogP contribution is 2.23. The average Bonchev–Trinajstić information content (AvgIpc) is 2.90. The van der Waals surface area contributed by atoms with E-state index in [1.807, 2.05) is 0 Å². The van der Waals surface area contributed by atoms with E-state index >= 15 is 0 Å². The molecule has 5 nitrogen and oxygen atoms in total. The molecule has 0 aromatic carbocycles. The Kier molecular flexibility index (Phi) is 5.13. The van der Waals surface area contributed by atoms with Crippen molar-refractivity contribution in [1.82, 2.24) is 20.4 Å². The molecule has 0 saturated carbocycles. The quantitative estimate of drug-likeness (QED) is 0.830. The van der Waals surface area contributed by atoms with E-state index in [4.69, 9.17) is 4.52 Å². The molecule has 18 heavy (non-hydrogen) atoms. The summed E-state index contributed by atoms with van der Waals surface area (Å²) < 4.78 is 5.40. The first-order valence-electron chi connectivity index (χ1n) is 7.09. The van der Waals surface area contributed by atoms with Crippen LogP contribution in [0.3, 0.4) is 0 Å². The van der Waals surface area contributed by atoms with Crippen LogP contribution >= 0.6 is 0 Å². The summed E-state index contributed by atoms with van der Waals surface area (Å²) in [5.41, 5.74) is 0. The molecule has 2 heterocycles. The molecule has 1 saturated heterocycles. The molecular weight excluding hydrogens is 228 g/mol. The number of nitrogens with zero attached hydrogens (tertiary/aromatic N) is 3. The molecule has 0 unspecified atom stereocenters. The SMILES string of the molecule is CCN(CC)CCc1noc(C2CCNCC2)n1. The van der Waals surface area contributed by atoms with Crippen LogP contribution in [-0.4, -0.2) is 47.8 Å². The lowest BCUT2D eigenvalue weighted by atomic mass is 9.98. The molecule has 1 N–H and O–H groups in total. The van der Waals surface area contributed by atoms with Gasteiger partial charge in [-0.1, -0.05) is 19.0 Å². The monoisotopic (exact) mass is 252 g/mol. The van der Waals surface area contributed by atoms with E-state index in [1.165, 1.54) is 0 Å². The second kappa shape index (κ2) is 6.85. The van der Waals surface area contributed by atoms with Gasteiger partial charge in [0.2, 0.25) is 5.89 Å². The van der Waals surface area contributed by atoms with Crippen molar-refractivity contribution in [2.45, 2.75) is 39.0 Å². The molecule has 0 amide bonds. The van der Waals surface area contributed by atoms with E-state index in [-0.39, 0.29) is 0 Å². The van der Waals surface area contributed by atoms with Crippen molar-refractivity contribution >= 4 is 0 Å². The van der Waals surface area contributed by atoms with Gasteiger partial charge in [0.25, 0.3) is 0 Å². The van der Waals surface area contributed by atoms with E-state index in [9.17, 15) is 0 Å². The molecule has 0 spiro atoms. The highest BCUT2D eigenvalue weighted by Gasteiger charge is 2.21. The highest BCUT2D eigenvalue weighted by atomic mass is 16.5. The summed E-state index contributed by atoms with van der Waals surface area (Å²) in [7, 11) is 0. The molecule has 0 aliphatic carbocycles. The lowest BCUT2D eigenvalue weighted by Gasteiger charge is -2.18. The molecule has 2 rings (SSSR count). The second-order valence-corrected chi connectivity index (χ2v) is 4.85. The smallest absolute Gasteiger partial charge is 0.229 e. The maximum absolute atomic E-state index is 5.40. The van der Waals surface area contributed by atoms with Gasteiger partial charge in [0.15, 0.2) is 5.82 Å². The maximum atomic E-state index is 5.40. The van der Waals surface area contributed by atoms with Crippen LogP contribution in [0.15, 0.2) is 4.52 Å². The Morgan fingerprint density at radius 2 is 2.00 bits per heavy atom. The predicted molar refractivity (Wildman–Crippen MR) is 70.6 cm³/mol. The number of hydrogen-bond acceptors (Lipinski definition) is 5. The molecule has 102 valence electrons. The molecule has 1 aliphatic rings. The Morgan fingerprint density at radius 3 is 2.67 bits per heavy atom. The Balaban J connectivity index is 1.85. The minimum absolute atomic E-state index is 0.459. The van der Waals surface area contributed by atoms with Crippen LogP contribution < -0.4 is 5.32 Å². The van der Waals surface area contributed by atoms with Gasteiger partial charge in [-0.2, -0.15) is 4.98 Å². The third kappa shape index (κ3) is 3.53. The molecule has 1 fully saturated rings. The third-order valence-electron chi connectivity index (χ3n) is 3.72. The van der Waals surface area contributed by atoms with Crippen LogP contribution in [0.25, 0.3) is 0 Å². The van der Waals surface area contributed by atoms with Crippen LogP contribution in [-0.2, 0) is 6.42 Å². The number of hydrogen-bond donors (Lipinski definition) is 1. The normalized spacial score (nSPS) is 17.5. The Bertz CT molecular complexity index is 343. The Hall–Kier alpha value is -0.940. The van der Waals surface area contributed by atoms with Gasteiger partial charge >= 0.3 is 0 Å². The number of rotatable bonds is 6. The summed E-state index contributed by atoms with van der Waals surface area (Å²) in [6.45, 7) is 9.65. The average molecular weight is 252 g/mol. The van der Waals surface area contributed by atoms with Gasteiger partial charge in [0.1, 0.15) is 0 Å². The molecule has 0 radical (unpaired) electrons. The lowest BCUT2D eigenvalue weighted by molar-refractivity contribution is 0.299. The molecule has 0 bridgehead atoms. The molecular formula is C13H24N4O. The summed E-state index contributed by atoms with van der Waals surface area (Å²) in [5, 5.41) is 7.45. The zero-order chi connectivity index (χ0) is 12.8. The van der Waals surface area contributed by atoms with Gasteiger partial charge in [-0.3, -0.25) is 0 Å². The number of nitrogens with one attached hydrogen (secondary N) is 1. The first-order valence-corrected chi connectivity index (χ1v) is 7.09. The van der Waals surface area contributed by atoms with Crippen molar-refractivity contribution in [1.29, 1.82) is 0 Å². The number of aromatic nitrogens is 2. The Morgan fingerprint density at radius 1 is 1.28 bits per heavy atom. The van der Waals surface area contributed by atoms with Crippen LogP contribution in [0.2, 0.25) is 0 Å². The third-order valence-corrected chi connectivity index (χ3v) is 3.72. The topological polar surface area (TPSA) is 54.2 Å². The minimum Gasteiger partial charge on any atom is -0.339 e.